The number of aromatic hydroxyl groups is 1. The highest BCUT2D eigenvalue weighted by Crippen LogP contribution is 2.32. The number of nitrogens with zero attached hydrogens (tertiary/aromatic N) is 3. The molecule has 1 heterocycles. The van der Waals surface area contributed by atoms with Crippen LogP contribution in [-0.4, -0.2) is 44.6 Å². The first-order valence-corrected chi connectivity index (χ1v) is 9.40. The van der Waals surface area contributed by atoms with Gasteiger partial charge in [0.15, 0.2) is 0 Å². The van der Waals surface area contributed by atoms with Gasteiger partial charge in [-0.3, -0.25) is 10.1 Å². The molecule has 1 aliphatic rings. The summed E-state index contributed by atoms with van der Waals surface area (Å²) in [6.07, 6.45) is 0. The maximum absolute atomic E-state index is 11.4. The standard InChI is InChI=1S/C16H18N4O5S/c17-26(24,25)14-5-6-15(16(11-14)20(22)23)19-9-7-18(8-10-19)12-1-3-13(21)4-2-12/h1-6,11,21H,7-10H2,(H2,17,24,25). The fraction of sp³-hybridized carbons (Fsp3) is 0.250. The summed E-state index contributed by atoms with van der Waals surface area (Å²) in [5, 5.41) is 25.8. The highest BCUT2D eigenvalue weighted by atomic mass is 32.2. The van der Waals surface area contributed by atoms with E-state index in [1.807, 2.05) is 17.0 Å². The summed E-state index contributed by atoms with van der Waals surface area (Å²) in [7, 11) is -4.01. The number of phenols is 1. The number of rotatable bonds is 4. The first kappa shape index (κ1) is 18.0. The van der Waals surface area contributed by atoms with Crippen molar-refractivity contribution in [3.8, 4) is 5.75 Å². The van der Waals surface area contributed by atoms with Gasteiger partial charge in [0, 0.05) is 37.9 Å². The van der Waals surface area contributed by atoms with Crippen molar-refractivity contribution >= 4 is 27.1 Å². The van der Waals surface area contributed by atoms with E-state index in [4.69, 9.17) is 5.14 Å². The van der Waals surface area contributed by atoms with Crippen molar-refractivity contribution in [3.63, 3.8) is 0 Å². The van der Waals surface area contributed by atoms with Crippen LogP contribution in [0.1, 0.15) is 0 Å². The molecule has 0 unspecified atom stereocenters. The zero-order valence-corrected chi connectivity index (χ0v) is 14.6. The van der Waals surface area contributed by atoms with Crippen molar-refractivity contribution in [2.24, 2.45) is 5.14 Å². The third kappa shape index (κ3) is 3.70. The van der Waals surface area contributed by atoms with Gasteiger partial charge in [0.2, 0.25) is 10.0 Å². The second kappa shape index (κ2) is 6.81. The minimum Gasteiger partial charge on any atom is -0.508 e. The smallest absolute Gasteiger partial charge is 0.293 e. The average Bonchev–Trinajstić information content (AvgIpc) is 2.61. The Bertz CT molecular complexity index is 922. The first-order chi connectivity index (χ1) is 12.3. The lowest BCUT2D eigenvalue weighted by Gasteiger charge is -2.37. The van der Waals surface area contributed by atoms with E-state index in [1.165, 1.54) is 12.1 Å². The lowest BCUT2D eigenvalue weighted by molar-refractivity contribution is -0.384. The van der Waals surface area contributed by atoms with Crippen LogP contribution in [0.15, 0.2) is 47.4 Å². The first-order valence-electron chi connectivity index (χ1n) is 7.86. The summed E-state index contributed by atoms with van der Waals surface area (Å²) < 4.78 is 22.9. The molecule has 3 N–H and O–H groups in total. The maximum Gasteiger partial charge on any atom is 0.293 e. The van der Waals surface area contributed by atoms with Gasteiger partial charge in [0.25, 0.3) is 5.69 Å². The quantitative estimate of drug-likeness (QED) is 0.605. The maximum atomic E-state index is 11.4. The van der Waals surface area contributed by atoms with Gasteiger partial charge >= 0.3 is 0 Å². The number of nitro benzene ring substituents is 1. The van der Waals surface area contributed by atoms with Crippen LogP contribution in [0.25, 0.3) is 0 Å². The van der Waals surface area contributed by atoms with Crippen LogP contribution in [0.2, 0.25) is 0 Å². The molecule has 0 atom stereocenters. The molecule has 2 aromatic carbocycles. The van der Waals surface area contributed by atoms with Crippen LogP contribution in [-0.2, 0) is 10.0 Å². The zero-order chi connectivity index (χ0) is 18.9. The van der Waals surface area contributed by atoms with Gasteiger partial charge in [0.1, 0.15) is 11.4 Å². The molecule has 0 amide bonds. The predicted molar refractivity (Wildman–Crippen MR) is 97.0 cm³/mol. The fourth-order valence-corrected chi connectivity index (χ4v) is 3.50. The monoisotopic (exact) mass is 378 g/mol. The van der Waals surface area contributed by atoms with Crippen LogP contribution in [0.3, 0.4) is 0 Å². The number of piperazine rings is 1. The molecule has 0 bridgehead atoms. The third-order valence-electron chi connectivity index (χ3n) is 4.31. The van der Waals surface area contributed by atoms with Crippen LogP contribution in [0, 0.1) is 10.1 Å². The molecule has 1 fully saturated rings. The lowest BCUT2D eigenvalue weighted by atomic mass is 10.2. The summed E-state index contributed by atoms with van der Waals surface area (Å²) in [4.78, 5) is 14.4. The molecular weight excluding hydrogens is 360 g/mol. The van der Waals surface area contributed by atoms with E-state index >= 15 is 0 Å². The topological polar surface area (TPSA) is 130 Å². The lowest BCUT2D eigenvalue weighted by Crippen LogP contribution is -2.46. The molecule has 3 rings (SSSR count). The van der Waals surface area contributed by atoms with Crippen LogP contribution < -0.4 is 14.9 Å². The number of primary sulfonamides is 1. The molecule has 26 heavy (non-hydrogen) atoms. The molecule has 138 valence electrons. The van der Waals surface area contributed by atoms with Gasteiger partial charge in [-0.25, -0.2) is 13.6 Å². The second-order valence-electron chi connectivity index (χ2n) is 5.94. The molecule has 2 aromatic rings. The third-order valence-corrected chi connectivity index (χ3v) is 5.22. The van der Waals surface area contributed by atoms with E-state index in [1.54, 1.807) is 12.1 Å². The number of hydrogen-bond acceptors (Lipinski definition) is 7. The molecule has 0 spiro atoms. The van der Waals surface area contributed by atoms with E-state index in [0.717, 1.165) is 11.8 Å². The minimum atomic E-state index is -4.01. The Kier molecular flexibility index (Phi) is 4.70. The normalized spacial score (nSPS) is 15.1. The molecule has 0 saturated carbocycles. The number of anilines is 2. The number of benzene rings is 2. The van der Waals surface area contributed by atoms with Crippen molar-refractivity contribution in [1.82, 2.24) is 0 Å². The van der Waals surface area contributed by atoms with Crippen molar-refractivity contribution in [2.75, 3.05) is 36.0 Å². The van der Waals surface area contributed by atoms with Crippen molar-refractivity contribution in [1.29, 1.82) is 0 Å². The Hall–Kier alpha value is -2.85. The van der Waals surface area contributed by atoms with Gasteiger partial charge in [-0.15, -0.1) is 0 Å². The van der Waals surface area contributed by atoms with Gasteiger partial charge in [0.05, 0.1) is 9.82 Å². The number of sulfonamides is 1. The highest BCUT2D eigenvalue weighted by molar-refractivity contribution is 7.89. The molecule has 0 aromatic heterocycles. The molecule has 9 nitrogen and oxygen atoms in total. The molecule has 0 aliphatic carbocycles. The van der Waals surface area contributed by atoms with Crippen molar-refractivity contribution in [2.45, 2.75) is 4.90 Å². The van der Waals surface area contributed by atoms with Crippen LogP contribution >= 0.6 is 0 Å². The predicted octanol–water partition coefficient (Wildman–Crippen LogP) is 1.27. The van der Waals surface area contributed by atoms with Gasteiger partial charge < -0.3 is 14.9 Å². The summed E-state index contributed by atoms with van der Waals surface area (Å²) in [5.41, 5.74) is 1.05. The Labute approximate surface area is 150 Å². The Morgan fingerprint density at radius 3 is 2.12 bits per heavy atom. The highest BCUT2D eigenvalue weighted by Gasteiger charge is 2.25. The number of phenolic OH excluding ortho intramolecular Hbond substituents is 1. The minimum absolute atomic E-state index is 0.193. The van der Waals surface area contributed by atoms with Gasteiger partial charge in [-0.05, 0) is 36.4 Å². The number of nitro groups is 1. The van der Waals surface area contributed by atoms with E-state index in [9.17, 15) is 23.6 Å². The summed E-state index contributed by atoms with van der Waals surface area (Å²) >= 11 is 0. The second-order valence-corrected chi connectivity index (χ2v) is 7.50. The molecule has 10 heteroatoms. The largest absolute Gasteiger partial charge is 0.508 e. The fourth-order valence-electron chi connectivity index (χ4n) is 2.96. The molecule has 1 saturated heterocycles. The molecular formula is C16H18N4O5S. The van der Waals surface area contributed by atoms with Crippen LogP contribution in [0.5, 0.6) is 5.75 Å². The Morgan fingerprint density at radius 1 is 1.00 bits per heavy atom. The van der Waals surface area contributed by atoms with Crippen LogP contribution in [0.4, 0.5) is 17.1 Å². The van der Waals surface area contributed by atoms with E-state index in [-0.39, 0.29) is 16.3 Å². The summed E-state index contributed by atoms with van der Waals surface area (Å²) in [6, 6.07) is 10.6. The SMILES string of the molecule is NS(=O)(=O)c1ccc(N2CCN(c3ccc(O)cc3)CC2)c([N+](=O)[O-])c1. The van der Waals surface area contributed by atoms with E-state index in [0.29, 0.717) is 31.9 Å². The summed E-state index contributed by atoms with van der Waals surface area (Å²) in [5.74, 6) is 0.193. The number of nitrogens with two attached hydrogens (primary N) is 1. The van der Waals surface area contributed by atoms with Crippen molar-refractivity contribution < 1.29 is 18.4 Å². The number of hydrogen-bond donors (Lipinski definition) is 2. The van der Waals surface area contributed by atoms with Crippen molar-refractivity contribution in [3.05, 3.63) is 52.6 Å². The Balaban J connectivity index is 1.80. The van der Waals surface area contributed by atoms with E-state index in [2.05, 4.69) is 4.90 Å². The summed E-state index contributed by atoms with van der Waals surface area (Å²) in [6.45, 7) is 2.35. The van der Waals surface area contributed by atoms with Gasteiger partial charge in [-0.1, -0.05) is 0 Å². The molecule has 0 radical (unpaired) electrons. The average molecular weight is 378 g/mol. The Morgan fingerprint density at radius 2 is 1.58 bits per heavy atom. The van der Waals surface area contributed by atoms with E-state index < -0.39 is 14.9 Å². The van der Waals surface area contributed by atoms with Gasteiger partial charge in [-0.2, -0.15) is 0 Å². The molecule has 1 aliphatic heterocycles. The zero-order valence-electron chi connectivity index (χ0n) is 13.8.